The van der Waals surface area contributed by atoms with E-state index in [0.29, 0.717) is 23.2 Å². The molecule has 6 nitrogen and oxygen atoms in total. The fraction of sp³-hybridized carbons (Fsp3) is 0.143. The van der Waals surface area contributed by atoms with E-state index >= 15 is 0 Å². The third kappa shape index (κ3) is 6.97. The molecule has 0 fully saturated rings. The van der Waals surface area contributed by atoms with Crippen LogP contribution in [-0.4, -0.2) is 36.1 Å². The number of rotatable bonds is 4. The fourth-order valence-electron chi connectivity index (χ4n) is 2.32. The second-order valence-electron chi connectivity index (χ2n) is 5.69. The third-order valence-corrected chi connectivity index (χ3v) is 3.87. The molecule has 2 heterocycles. The Morgan fingerprint density at radius 2 is 1.55 bits per heavy atom. The van der Waals surface area contributed by atoms with Gasteiger partial charge in [-0.25, -0.2) is 19.0 Å². The van der Waals surface area contributed by atoms with Crippen LogP contribution in [0.1, 0.15) is 32.0 Å². The van der Waals surface area contributed by atoms with Gasteiger partial charge in [0.05, 0.1) is 25.3 Å². The first-order chi connectivity index (χ1) is 13.9. The number of ether oxygens (including phenoxy) is 2. The molecule has 0 aliphatic carbocycles. The van der Waals surface area contributed by atoms with Crippen molar-refractivity contribution in [2.45, 2.75) is 6.42 Å². The molecule has 0 aliphatic heterocycles. The van der Waals surface area contributed by atoms with Crippen molar-refractivity contribution in [2.24, 2.45) is 0 Å². The molecule has 0 saturated carbocycles. The Morgan fingerprint density at radius 3 is 2.14 bits per heavy atom. The summed E-state index contributed by atoms with van der Waals surface area (Å²) < 4.78 is 22.1. The molecular formula is C21H18ClFN2O4. The lowest BCUT2D eigenvalue weighted by Crippen LogP contribution is -2.03. The van der Waals surface area contributed by atoms with E-state index in [1.54, 1.807) is 24.4 Å². The van der Waals surface area contributed by atoms with Crippen LogP contribution in [0.3, 0.4) is 0 Å². The molecule has 3 aromatic rings. The summed E-state index contributed by atoms with van der Waals surface area (Å²) in [5.41, 5.74) is 2.36. The predicted octanol–water partition coefficient (Wildman–Crippen LogP) is 4.12. The molecule has 150 valence electrons. The molecule has 0 amide bonds. The van der Waals surface area contributed by atoms with Crippen LogP contribution in [-0.2, 0) is 15.9 Å². The molecule has 0 saturated heterocycles. The van der Waals surface area contributed by atoms with E-state index in [9.17, 15) is 14.0 Å². The van der Waals surface area contributed by atoms with E-state index in [-0.39, 0.29) is 11.0 Å². The van der Waals surface area contributed by atoms with Crippen molar-refractivity contribution < 1.29 is 23.5 Å². The van der Waals surface area contributed by atoms with E-state index < -0.39 is 11.9 Å². The quantitative estimate of drug-likeness (QED) is 0.470. The van der Waals surface area contributed by atoms with Gasteiger partial charge >= 0.3 is 11.9 Å². The molecule has 0 aliphatic rings. The first kappa shape index (κ1) is 22.0. The van der Waals surface area contributed by atoms with Crippen molar-refractivity contribution in [2.75, 3.05) is 14.2 Å². The summed E-state index contributed by atoms with van der Waals surface area (Å²) >= 11 is 5.53. The van der Waals surface area contributed by atoms with Crippen LogP contribution < -0.4 is 0 Å². The van der Waals surface area contributed by atoms with Crippen molar-refractivity contribution in [1.29, 1.82) is 0 Å². The van der Waals surface area contributed by atoms with Crippen LogP contribution in [0.15, 0.2) is 60.9 Å². The van der Waals surface area contributed by atoms with Gasteiger partial charge in [0.15, 0.2) is 0 Å². The van der Waals surface area contributed by atoms with Crippen molar-refractivity contribution in [1.82, 2.24) is 9.97 Å². The normalized spacial score (nSPS) is 9.79. The number of benzene rings is 1. The lowest BCUT2D eigenvalue weighted by molar-refractivity contribution is 0.0591. The van der Waals surface area contributed by atoms with Crippen molar-refractivity contribution in [3.8, 4) is 0 Å². The molecule has 1 aromatic carbocycles. The van der Waals surface area contributed by atoms with Gasteiger partial charge in [0, 0.05) is 24.5 Å². The third-order valence-electron chi connectivity index (χ3n) is 3.66. The van der Waals surface area contributed by atoms with Crippen LogP contribution in [0.5, 0.6) is 0 Å². The maximum Gasteiger partial charge on any atom is 0.338 e. The van der Waals surface area contributed by atoms with Crippen LogP contribution in [0.4, 0.5) is 4.39 Å². The average molecular weight is 417 g/mol. The summed E-state index contributed by atoms with van der Waals surface area (Å²) in [4.78, 5) is 30.1. The first-order valence-corrected chi connectivity index (χ1v) is 8.78. The second-order valence-corrected chi connectivity index (χ2v) is 6.08. The number of aromatic nitrogens is 2. The van der Waals surface area contributed by atoms with Crippen LogP contribution in [0, 0.1) is 5.82 Å². The molecular weight excluding hydrogens is 399 g/mol. The minimum Gasteiger partial charge on any atom is -0.465 e. The van der Waals surface area contributed by atoms with E-state index in [1.165, 1.54) is 44.7 Å². The Morgan fingerprint density at radius 1 is 0.931 bits per heavy atom. The highest BCUT2D eigenvalue weighted by molar-refractivity contribution is 6.29. The SMILES string of the molecule is COC(=O)c1ccnc(Cc2cccc(F)c2)c1.COC(=O)c1ccnc(Cl)c1. The van der Waals surface area contributed by atoms with Gasteiger partial charge in [-0.2, -0.15) is 0 Å². The van der Waals surface area contributed by atoms with Crippen LogP contribution in [0.2, 0.25) is 5.15 Å². The number of carbonyl (C=O) groups is 2. The standard InChI is InChI=1S/C14H12FNO2.C7H6ClNO2/c1-18-14(17)11-5-6-16-13(9-11)8-10-3-2-4-12(15)7-10;1-11-7(10)5-2-3-9-6(8)4-5/h2-7,9H,8H2,1H3;2-4H,1H3. The smallest absolute Gasteiger partial charge is 0.338 e. The molecule has 3 rings (SSSR count). The Hall–Kier alpha value is -3.32. The van der Waals surface area contributed by atoms with Gasteiger partial charge in [0.1, 0.15) is 11.0 Å². The van der Waals surface area contributed by atoms with Gasteiger partial charge in [0.2, 0.25) is 0 Å². The number of hydrogen-bond acceptors (Lipinski definition) is 6. The van der Waals surface area contributed by atoms with Gasteiger partial charge in [-0.3, -0.25) is 4.98 Å². The first-order valence-electron chi connectivity index (χ1n) is 8.40. The van der Waals surface area contributed by atoms with Crippen molar-refractivity contribution in [3.63, 3.8) is 0 Å². The average Bonchev–Trinajstić information content (AvgIpc) is 2.73. The van der Waals surface area contributed by atoms with Crippen molar-refractivity contribution in [3.05, 3.63) is 94.3 Å². The number of hydrogen-bond donors (Lipinski definition) is 0. The summed E-state index contributed by atoms with van der Waals surface area (Å²) in [6.45, 7) is 0. The van der Waals surface area contributed by atoms with Gasteiger partial charge in [-0.05, 0) is 42.0 Å². The molecule has 0 unspecified atom stereocenters. The number of methoxy groups -OCH3 is 2. The number of carbonyl (C=O) groups excluding carboxylic acids is 2. The molecule has 0 atom stereocenters. The summed E-state index contributed by atoms with van der Waals surface area (Å²) in [7, 11) is 2.64. The summed E-state index contributed by atoms with van der Waals surface area (Å²) in [5.74, 6) is -1.09. The highest BCUT2D eigenvalue weighted by Gasteiger charge is 2.07. The van der Waals surface area contributed by atoms with Gasteiger partial charge in [0.25, 0.3) is 0 Å². The van der Waals surface area contributed by atoms with Crippen molar-refractivity contribution >= 4 is 23.5 Å². The molecule has 8 heteroatoms. The number of esters is 2. The zero-order valence-electron chi connectivity index (χ0n) is 15.8. The lowest BCUT2D eigenvalue weighted by Gasteiger charge is -2.03. The monoisotopic (exact) mass is 416 g/mol. The molecule has 29 heavy (non-hydrogen) atoms. The molecule has 0 spiro atoms. The molecule has 0 radical (unpaired) electrons. The summed E-state index contributed by atoms with van der Waals surface area (Å²) in [6, 6.07) is 12.5. The molecule has 0 N–H and O–H groups in total. The van der Waals surface area contributed by atoms with Gasteiger partial charge in [-0.15, -0.1) is 0 Å². The Kier molecular flexibility index (Phi) is 8.24. The van der Waals surface area contributed by atoms with E-state index in [4.69, 9.17) is 11.6 Å². The lowest BCUT2D eigenvalue weighted by atomic mass is 10.1. The highest BCUT2D eigenvalue weighted by Crippen LogP contribution is 2.11. The van der Waals surface area contributed by atoms with Crippen LogP contribution in [0.25, 0.3) is 0 Å². The molecule has 0 bridgehead atoms. The minimum atomic E-state index is -0.408. The van der Waals surface area contributed by atoms with Crippen LogP contribution >= 0.6 is 11.6 Å². The zero-order valence-corrected chi connectivity index (χ0v) is 16.5. The Bertz CT molecular complexity index is 998. The number of nitrogens with zero attached hydrogens (tertiary/aromatic N) is 2. The maximum absolute atomic E-state index is 13.0. The minimum absolute atomic E-state index is 0.281. The fourth-order valence-corrected chi connectivity index (χ4v) is 2.50. The topological polar surface area (TPSA) is 78.4 Å². The summed E-state index contributed by atoms with van der Waals surface area (Å²) in [5, 5.41) is 0.285. The van der Waals surface area contributed by atoms with E-state index in [0.717, 1.165) is 5.56 Å². The van der Waals surface area contributed by atoms with E-state index in [2.05, 4.69) is 19.4 Å². The number of halogens is 2. The van der Waals surface area contributed by atoms with Gasteiger partial charge < -0.3 is 9.47 Å². The Labute approximate surface area is 172 Å². The van der Waals surface area contributed by atoms with E-state index in [1.807, 2.05) is 6.07 Å². The highest BCUT2D eigenvalue weighted by atomic mass is 35.5. The second kappa shape index (κ2) is 10.9. The number of pyridine rings is 2. The molecule has 2 aromatic heterocycles. The zero-order chi connectivity index (χ0) is 21.2. The Balaban J connectivity index is 0.000000234. The predicted molar refractivity (Wildman–Crippen MR) is 105 cm³/mol. The van der Waals surface area contributed by atoms with Gasteiger partial charge in [-0.1, -0.05) is 23.7 Å². The maximum atomic E-state index is 13.0. The largest absolute Gasteiger partial charge is 0.465 e. The summed E-state index contributed by atoms with van der Waals surface area (Å²) in [6.07, 6.45) is 3.47.